The number of ether oxygens (including phenoxy) is 2. The van der Waals surface area contributed by atoms with Crippen LogP contribution in [-0.4, -0.2) is 19.2 Å². The average Bonchev–Trinajstić information content (AvgIpc) is 3.13. The van der Waals surface area contributed by atoms with Gasteiger partial charge in [0, 0.05) is 36.3 Å². The maximum Gasteiger partial charge on any atom is 0.131 e. The zero-order valence-corrected chi connectivity index (χ0v) is 15.5. The van der Waals surface area contributed by atoms with E-state index in [4.69, 9.17) is 14.7 Å². The number of aryl methyl sites for hydroxylation is 1. The molecule has 0 aliphatic heterocycles. The van der Waals surface area contributed by atoms with Crippen LogP contribution in [0.2, 0.25) is 0 Å². The maximum absolute atomic E-state index is 9.06. The lowest BCUT2D eigenvalue weighted by atomic mass is 10.0. The van der Waals surface area contributed by atoms with Gasteiger partial charge in [0.15, 0.2) is 0 Å². The second-order valence-electron chi connectivity index (χ2n) is 6.74. The van der Waals surface area contributed by atoms with Crippen molar-refractivity contribution < 1.29 is 9.47 Å². The van der Waals surface area contributed by atoms with Crippen molar-refractivity contribution in [2.75, 3.05) is 14.2 Å². The molecule has 5 nitrogen and oxygen atoms in total. The average molecular weight is 359 g/mol. The fraction of sp³-hybridized carbons (Fsp3) is 0.273. The Bertz CT molecular complexity index is 1040. The van der Waals surface area contributed by atoms with Gasteiger partial charge in [-0.25, -0.2) is 0 Å². The third kappa shape index (κ3) is 3.32. The summed E-state index contributed by atoms with van der Waals surface area (Å²) < 4.78 is 10.8. The molecule has 0 fully saturated rings. The van der Waals surface area contributed by atoms with E-state index in [1.807, 2.05) is 30.5 Å². The number of hydrogen-bond donors (Lipinski definition) is 1. The normalized spacial score (nSPS) is 15.4. The van der Waals surface area contributed by atoms with Gasteiger partial charge in [0.25, 0.3) is 0 Å². The van der Waals surface area contributed by atoms with Crippen LogP contribution < -0.4 is 14.8 Å². The molecule has 0 saturated carbocycles. The van der Waals surface area contributed by atoms with Gasteiger partial charge < -0.3 is 14.8 Å². The summed E-state index contributed by atoms with van der Waals surface area (Å²) in [5.74, 6) is 1.49. The molecule has 1 heterocycles. The van der Waals surface area contributed by atoms with Gasteiger partial charge in [-0.05, 0) is 47.7 Å². The Hall–Kier alpha value is -3.10. The Morgan fingerprint density at radius 2 is 2.07 bits per heavy atom. The van der Waals surface area contributed by atoms with Gasteiger partial charge in [-0.3, -0.25) is 4.98 Å². The van der Waals surface area contributed by atoms with Crippen molar-refractivity contribution in [3.63, 3.8) is 0 Å². The van der Waals surface area contributed by atoms with Crippen molar-refractivity contribution in [3.05, 3.63) is 64.8 Å². The minimum Gasteiger partial charge on any atom is -0.497 e. The van der Waals surface area contributed by atoms with Gasteiger partial charge in [-0.15, -0.1) is 0 Å². The minimum atomic E-state index is 0.307. The summed E-state index contributed by atoms with van der Waals surface area (Å²) in [6.45, 7) is 0.724. The number of fused-ring (bicyclic) bond motifs is 2. The molecule has 136 valence electrons. The van der Waals surface area contributed by atoms with Crippen LogP contribution in [-0.2, 0) is 13.0 Å². The lowest BCUT2D eigenvalue weighted by Gasteiger charge is -2.15. The van der Waals surface area contributed by atoms with Gasteiger partial charge in [-0.1, -0.05) is 6.07 Å². The Kier molecular flexibility index (Phi) is 4.66. The fourth-order valence-electron chi connectivity index (χ4n) is 3.74. The van der Waals surface area contributed by atoms with E-state index in [0.29, 0.717) is 6.04 Å². The molecule has 1 unspecified atom stereocenters. The van der Waals surface area contributed by atoms with E-state index in [9.17, 15) is 0 Å². The standard InChI is InChI=1S/C22H21N3O2/c1-26-17-9-21-19(22(10-17)27-2)8-15(13-25-21)12-24-20-6-4-16-7-14(11-23)3-5-18(16)20/h3,5,7-10,13,20,24H,4,6,12H2,1-2H3. The summed E-state index contributed by atoms with van der Waals surface area (Å²) >= 11 is 0. The largest absolute Gasteiger partial charge is 0.497 e. The second kappa shape index (κ2) is 7.26. The topological polar surface area (TPSA) is 67.2 Å². The first-order valence-corrected chi connectivity index (χ1v) is 8.99. The van der Waals surface area contributed by atoms with E-state index in [1.54, 1.807) is 14.2 Å². The molecule has 5 heteroatoms. The number of aromatic nitrogens is 1. The highest BCUT2D eigenvalue weighted by Gasteiger charge is 2.22. The summed E-state index contributed by atoms with van der Waals surface area (Å²) in [6, 6.07) is 14.4. The van der Waals surface area contributed by atoms with Crippen molar-refractivity contribution >= 4 is 10.9 Å². The zero-order valence-electron chi connectivity index (χ0n) is 15.5. The van der Waals surface area contributed by atoms with Crippen LogP contribution in [0.4, 0.5) is 0 Å². The molecule has 0 amide bonds. The molecule has 27 heavy (non-hydrogen) atoms. The Morgan fingerprint density at radius 1 is 1.19 bits per heavy atom. The van der Waals surface area contributed by atoms with Gasteiger partial charge in [0.05, 0.1) is 31.4 Å². The summed E-state index contributed by atoms with van der Waals surface area (Å²) in [7, 11) is 3.29. The molecule has 1 atom stereocenters. The highest BCUT2D eigenvalue weighted by atomic mass is 16.5. The lowest BCUT2D eigenvalue weighted by molar-refractivity contribution is 0.398. The monoisotopic (exact) mass is 359 g/mol. The first-order valence-electron chi connectivity index (χ1n) is 8.99. The molecule has 0 spiro atoms. The minimum absolute atomic E-state index is 0.307. The van der Waals surface area contributed by atoms with Gasteiger partial charge in [0.2, 0.25) is 0 Å². The van der Waals surface area contributed by atoms with Crippen LogP contribution >= 0.6 is 0 Å². The first-order chi connectivity index (χ1) is 13.2. The highest BCUT2D eigenvalue weighted by molar-refractivity contribution is 5.87. The quantitative estimate of drug-likeness (QED) is 0.748. The molecule has 1 aliphatic rings. The third-order valence-corrected chi connectivity index (χ3v) is 5.15. The van der Waals surface area contributed by atoms with Crippen molar-refractivity contribution in [3.8, 4) is 17.6 Å². The molecule has 0 saturated heterocycles. The van der Waals surface area contributed by atoms with Crippen molar-refractivity contribution in [1.82, 2.24) is 10.3 Å². The Morgan fingerprint density at radius 3 is 2.85 bits per heavy atom. The van der Waals surface area contributed by atoms with Crippen LogP contribution in [0.25, 0.3) is 10.9 Å². The van der Waals surface area contributed by atoms with Crippen molar-refractivity contribution in [2.45, 2.75) is 25.4 Å². The van der Waals surface area contributed by atoms with Crippen LogP contribution in [0.5, 0.6) is 11.5 Å². The predicted molar refractivity (Wildman–Crippen MR) is 104 cm³/mol. The zero-order chi connectivity index (χ0) is 18.8. The van der Waals surface area contributed by atoms with Gasteiger partial charge >= 0.3 is 0 Å². The summed E-state index contributed by atoms with van der Waals surface area (Å²) in [5, 5.41) is 13.7. The molecule has 1 aliphatic carbocycles. The van der Waals surface area contributed by atoms with E-state index >= 15 is 0 Å². The van der Waals surface area contributed by atoms with Crippen LogP contribution in [0.3, 0.4) is 0 Å². The lowest BCUT2D eigenvalue weighted by Crippen LogP contribution is -2.18. The smallest absolute Gasteiger partial charge is 0.131 e. The summed E-state index contributed by atoms with van der Waals surface area (Å²) in [4.78, 5) is 4.57. The Balaban J connectivity index is 1.54. The molecule has 0 bridgehead atoms. The number of pyridine rings is 1. The van der Waals surface area contributed by atoms with E-state index in [-0.39, 0.29) is 0 Å². The van der Waals surface area contributed by atoms with E-state index in [2.05, 4.69) is 28.5 Å². The number of nitrogens with zero attached hydrogens (tertiary/aromatic N) is 2. The van der Waals surface area contributed by atoms with Gasteiger partial charge in [0.1, 0.15) is 11.5 Å². The van der Waals surface area contributed by atoms with Crippen LogP contribution in [0.1, 0.15) is 34.7 Å². The molecule has 1 aromatic heterocycles. The number of rotatable bonds is 5. The SMILES string of the molecule is COc1cc(OC)c2cc(CNC3CCc4cc(C#N)ccc43)cnc2c1. The maximum atomic E-state index is 9.06. The number of nitriles is 1. The van der Waals surface area contributed by atoms with E-state index < -0.39 is 0 Å². The Labute approximate surface area is 158 Å². The van der Waals surface area contributed by atoms with Crippen LogP contribution in [0, 0.1) is 11.3 Å². The van der Waals surface area contributed by atoms with Crippen molar-refractivity contribution in [1.29, 1.82) is 5.26 Å². The molecular weight excluding hydrogens is 338 g/mol. The number of methoxy groups -OCH3 is 2. The number of hydrogen-bond acceptors (Lipinski definition) is 5. The van der Waals surface area contributed by atoms with Crippen LogP contribution in [0.15, 0.2) is 42.6 Å². The van der Waals surface area contributed by atoms with E-state index in [1.165, 1.54) is 11.1 Å². The summed E-state index contributed by atoms with van der Waals surface area (Å²) in [6.07, 6.45) is 3.95. The van der Waals surface area contributed by atoms with Crippen molar-refractivity contribution in [2.24, 2.45) is 0 Å². The number of benzene rings is 2. The van der Waals surface area contributed by atoms with Gasteiger partial charge in [-0.2, -0.15) is 5.26 Å². The molecule has 1 N–H and O–H groups in total. The second-order valence-corrected chi connectivity index (χ2v) is 6.74. The third-order valence-electron chi connectivity index (χ3n) is 5.15. The fourth-order valence-corrected chi connectivity index (χ4v) is 3.74. The number of nitrogens with one attached hydrogen (secondary N) is 1. The molecular formula is C22H21N3O2. The molecule has 4 rings (SSSR count). The molecule has 2 aromatic carbocycles. The summed E-state index contributed by atoms with van der Waals surface area (Å²) in [5.41, 5.74) is 5.26. The first kappa shape index (κ1) is 17.3. The molecule has 3 aromatic rings. The predicted octanol–water partition coefficient (Wildman–Crippen LogP) is 3.90. The molecule has 0 radical (unpaired) electrons. The van der Waals surface area contributed by atoms with E-state index in [0.717, 1.165) is 52.9 Å². The highest BCUT2D eigenvalue weighted by Crippen LogP contribution is 2.33.